The van der Waals surface area contributed by atoms with Crippen molar-refractivity contribution in [3.8, 4) is 5.75 Å². The maximum atomic E-state index is 13.3. The topological polar surface area (TPSA) is 46.5 Å². The first-order valence-electron chi connectivity index (χ1n) is 6.36. The van der Waals surface area contributed by atoms with Crippen molar-refractivity contribution in [3.63, 3.8) is 0 Å². The summed E-state index contributed by atoms with van der Waals surface area (Å²) in [6.45, 7) is 5.68. The number of rotatable bonds is 5. The Balaban J connectivity index is 2.17. The van der Waals surface area contributed by atoms with Crippen LogP contribution in [0.1, 0.15) is 18.2 Å². The number of hydrogen-bond acceptors (Lipinski definition) is 4. The second-order valence-electron chi connectivity index (χ2n) is 4.35. The summed E-state index contributed by atoms with van der Waals surface area (Å²) in [5.74, 6) is 0.166. The van der Waals surface area contributed by atoms with Crippen molar-refractivity contribution in [2.45, 2.75) is 6.92 Å². The zero-order valence-corrected chi connectivity index (χ0v) is 11.9. The van der Waals surface area contributed by atoms with Crippen LogP contribution >= 0.6 is 0 Å². The van der Waals surface area contributed by atoms with E-state index in [1.807, 2.05) is 25.1 Å². The highest BCUT2D eigenvalue weighted by molar-refractivity contribution is 5.97. The SMILES string of the molecule is C=C(N/N=C(\C)c1ccccn1)c1cc(F)ccc1OC. The third-order valence-corrected chi connectivity index (χ3v) is 2.88. The van der Waals surface area contributed by atoms with Gasteiger partial charge in [0, 0.05) is 11.8 Å². The van der Waals surface area contributed by atoms with Gasteiger partial charge in [0.05, 0.1) is 24.2 Å². The van der Waals surface area contributed by atoms with Gasteiger partial charge in [-0.15, -0.1) is 0 Å². The van der Waals surface area contributed by atoms with Crippen LogP contribution in [0.4, 0.5) is 4.39 Å². The average Bonchev–Trinajstić information content (AvgIpc) is 2.53. The van der Waals surface area contributed by atoms with Crippen molar-refractivity contribution in [1.82, 2.24) is 10.4 Å². The van der Waals surface area contributed by atoms with Crippen LogP contribution in [0.5, 0.6) is 5.75 Å². The highest BCUT2D eigenvalue weighted by atomic mass is 19.1. The van der Waals surface area contributed by atoms with Gasteiger partial charge in [0.1, 0.15) is 11.6 Å². The summed E-state index contributed by atoms with van der Waals surface area (Å²) < 4.78 is 18.5. The van der Waals surface area contributed by atoms with Crippen LogP contribution in [-0.4, -0.2) is 17.8 Å². The smallest absolute Gasteiger partial charge is 0.128 e. The molecule has 1 aromatic carbocycles. The molecule has 0 spiro atoms. The number of hydrogen-bond donors (Lipinski definition) is 1. The molecule has 4 nitrogen and oxygen atoms in total. The fourth-order valence-electron chi connectivity index (χ4n) is 1.76. The van der Waals surface area contributed by atoms with E-state index in [0.29, 0.717) is 22.7 Å². The van der Waals surface area contributed by atoms with E-state index >= 15 is 0 Å². The van der Waals surface area contributed by atoms with Crippen molar-refractivity contribution >= 4 is 11.4 Å². The molecule has 5 heteroatoms. The summed E-state index contributed by atoms with van der Waals surface area (Å²) in [4.78, 5) is 4.19. The van der Waals surface area contributed by atoms with E-state index in [1.54, 1.807) is 12.3 Å². The van der Waals surface area contributed by atoms with Gasteiger partial charge in [-0.05, 0) is 37.3 Å². The van der Waals surface area contributed by atoms with Crippen LogP contribution in [0.15, 0.2) is 54.3 Å². The average molecular weight is 285 g/mol. The van der Waals surface area contributed by atoms with E-state index in [0.717, 1.165) is 5.69 Å². The molecule has 0 bridgehead atoms. The lowest BCUT2D eigenvalue weighted by molar-refractivity contribution is 0.412. The molecule has 1 aromatic heterocycles. The molecule has 0 aliphatic carbocycles. The van der Waals surface area contributed by atoms with E-state index in [1.165, 1.54) is 19.2 Å². The lowest BCUT2D eigenvalue weighted by Crippen LogP contribution is -2.09. The Morgan fingerprint density at radius 3 is 2.81 bits per heavy atom. The second-order valence-corrected chi connectivity index (χ2v) is 4.35. The van der Waals surface area contributed by atoms with Crippen molar-refractivity contribution in [2.24, 2.45) is 5.10 Å². The Morgan fingerprint density at radius 2 is 2.14 bits per heavy atom. The normalized spacial score (nSPS) is 11.1. The number of benzene rings is 1. The van der Waals surface area contributed by atoms with E-state index in [-0.39, 0.29) is 5.82 Å². The highest BCUT2D eigenvalue weighted by Gasteiger charge is 2.08. The summed E-state index contributed by atoms with van der Waals surface area (Å²) in [5.41, 5.74) is 5.23. The van der Waals surface area contributed by atoms with Crippen LogP contribution in [0.25, 0.3) is 5.70 Å². The number of hydrazone groups is 1. The zero-order chi connectivity index (χ0) is 15.2. The van der Waals surface area contributed by atoms with Crippen LogP contribution in [0, 0.1) is 5.82 Å². The molecule has 0 atom stereocenters. The first kappa shape index (κ1) is 14.7. The predicted molar refractivity (Wildman–Crippen MR) is 81.6 cm³/mol. The Kier molecular flexibility index (Phi) is 4.66. The van der Waals surface area contributed by atoms with Gasteiger partial charge in [-0.2, -0.15) is 5.10 Å². The summed E-state index contributed by atoms with van der Waals surface area (Å²) >= 11 is 0. The van der Waals surface area contributed by atoms with Gasteiger partial charge >= 0.3 is 0 Å². The monoisotopic (exact) mass is 285 g/mol. The van der Waals surface area contributed by atoms with E-state index in [2.05, 4.69) is 22.1 Å². The minimum Gasteiger partial charge on any atom is -0.496 e. The van der Waals surface area contributed by atoms with Crippen molar-refractivity contribution in [3.05, 3.63) is 66.2 Å². The van der Waals surface area contributed by atoms with Gasteiger partial charge in [-0.1, -0.05) is 12.6 Å². The molecule has 1 N–H and O–H groups in total. The Bertz CT molecular complexity index is 668. The van der Waals surface area contributed by atoms with Crippen LogP contribution in [0.2, 0.25) is 0 Å². The molecule has 0 saturated carbocycles. The molecule has 2 aromatic rings. The molecule has 0 aliphatic heterocycles. The molecule has 0 unspecified atom stereocenters. The van der Waals surface area contributed by atoms with E-state index in [4.69, 9.17) is 4.74 Å². The molecule has 1 heterocycles. The lowest BCUT2D eigenvalue weighted by Gasteiger charge is -2.11. The van der Waals surface area contributed by atoms with Gasteiger partial charge in [-0.25, -0.2) is 4.39 Å². The molecule has 0 aliphatic rings. The molecule has 0 saturated heterocycles. The van der Waals surface area contributed by atoms with E-state index in [9.17, 15) is 4.39 Å². The number of nitrogens with one attached hydrogen (secondary N) is 1. The number of ether oxygens (including phenoxy) is 1. The van der Waals surface area contributed by atoms with Crippen LogP contribution < -0.4 is 10.2 Å². The molecular formula is C16H16FN3O. The number of halogens is 1. The van der Waals surface area contributed by atoms with Crippen LogP contribution in [0.3, 0.4) is 0 Å². The van der Waals surface area contributed by atoms with Gasteiger partial charge in [-0.3, -0.25) is 10.4 Å². The number of nitrogens with zero attached hydrogens (tertiary/aromatic N) is 2. The Hall–Kier alpha value is -2.69. The highest BCUT2D eigenvalue weighted by Crippen LogP contribution is 2.24. The maximum Gasteiger partial charge on any atom is 0.128 e. The standard InChI is InChI=1S/C16H16FN3O/c1-11(14-10-13(17)7-8-16(14)21-3)19-20-12(2)15-6-4-5-9-18-15/h4-10,19H,1H2,2-3H3/b20-12+. The maximum absolute atomic E-state index is 13.3. The Labute approximate surface area is 123 Å². The summed E-state index contributed by atoms with van der Waals surface area (Å²) in [7, 11) is 1.52. The van der Waals surface area contributed by atoms with Crippen molar-refractivity contribution in [1.29, 1.82) is 0 Å². The molecule has 0 amide bonds. The third kappa shape index (κ3) is 3.66. The third-order valence-electron chi connectivity index (χ3n) is 2.88. The largest absolute Gasteiger partial charge is 0.496 e. The van der Waals surface area contributed by atoms with Gasteiger partial charge < -0.3 is 4.74 Å². The van der Waals surface area contributed by atoms with Crippen molar-refractivity contribution in [2.75, 3.05) is 7.11 Å². The van der Waals surface area contributed by atoms with Gasteiger partial charge in [0.15, 0.2) is 0 Å². The van der Waals surface area contributed by atoms with E-state index < -0.39 is 0 Å². The fourth-order valence-corrected chi connectivity index (χ4v) is 1.76. The summed E-state index contributed by atoms with van der Waals surface area (Å²) in [6, 6.07) is 9.79. The molecule has 108 valence electrons. The Morgan fingerprint density at radius 1 is 1.33 bits per heavy atom. The molecule has 0 fully saturated rings. The van der Waals surface area contributed by atoms with Gasteiger partial charge in [0.25, 0.3) is 0 Å². The minimum atomic E-state index is -0.362. The molecule has 21 heavy (non-hydrogen) atoms. The first-order valence-corrected chi connectivity index (χ1v) is 6.36. The quantitative estimate of drug-likeness (QED) is 0.678. The number of aromatic nitrogens is 1. The molecule has 2 rings (SSSR count). The van der Waals surface area contributed by atoms with Gasteiger partial charge in [0.2, 0.25) is 0 Å². The van der Waals surface area contributed by atoms with Crippen molar-refractivity contribution < 1.29 is 9.13 Å². The second kappa shape index (κ2) is 6.65. The first-order chi connectivity index (χ1) is 10.1. The summed E-state index contributed by atoms with van der Waals surface area (Å²) in [5, 5.41) is 4.20. The fraction of sp³-hybridized carbons (Fsp3) is 0.125. The molecular weight excluding hydrogens is 269 g/mol. The summed E-state index contributed by atoms with van der Waals surface area (Å²) in [6.07, 6.45) is 1.69. The minimum absolute atomic E-state index is 0.362. The predicted octanol–water partition coefficient (Wildman–Crippen LogP) is 3.21. The van der Waals surface area contributed by atoms with Crippen LogP contribution in [-0.2, 0) is 0 Å². The molecule has 0 radical (unpaired) electrons. The number of methoxy groups -OCH3 is 1. The number of pyridine rings is 1. The lowest BCUT2D eigenvalue weighted by atomic mass is 10.1. The zero-order valence-electron chi connectivity index (χ0n) is 11.9.